The third kappa shape index (κ3) is 5.09. The summed E-state index contributed by atoms with van der Waals surface area (Å²) in [4.78, 5) is 14.2. The van der Waals surface area contributed by atoms with E-state index in [1.165, 1.54) is 18.2 Å². The lowest BCUT2D eigenvalue weighted by molar-refractivity contribution is -0.118. The summed E-state index contributed by atoms with van der Waals surface area (Å²) >= 11 is 5.90. The van der Waals surface area contributed by atoms with Gasteiger partial charge in [-0.1, -0.05) is 18.5 Å². The van der Waals surface area contributed by atoms with Gasteiger partial charge in [0.05, 0.1) is 17.3 Å². The predicted molar refractivity (Wildman–Crippen MR) is 90.1 cm³/mol. The Hall–Kier alpha value is -0.880. The van der Waals surface area contributed by atoms with Crippen LogP contribution in [0, 0.1) is 11.7 Å². The molecule has 0 aliphatic carbocycles. The van der Waals surface area contributed by atoms with Crippen molar-refractivity contribution in [3.63, 3.8) is 0 Å². The first kappa shape index (κ1) is 19.2. The normalized spacial score (nSPS) is 22.0. The number of amides is 1. The minimum atomic E-state index is -0.425. The Morgan fingerprint density at radius 2 is 2.27 bits per heavy atom. The van der Waals surface area contributed by atoms with E-state index in [9.17, 15) is 9.18 Å². The Balaban J connectivity index is 0.00000242. The van der Waals surface area contributed by atoms with Crippen LogP contribution in [0.2, 0.25) is 5.02 Å². The van der Waals surface area contributed by atoms with Crippen molar-refractivity contribution < 1.29 is 9.18 Å². The zero-order valence-corrected chi connectivity index (χ0v) is 14.1. The molecule has 0 radical (unpaired) electrons. The van der Waals surface area contributed by atoms with Gasteiger partial charge in [0.1, 0.15) is 5.82 Å². The number of anilines is 1. The summed E-state index contributed by atoms with van der Waals surface area (Å²) in [7, 11) is 0. The van der Waals surface area contributed by atoms with Crippen LogP contribution in [0.4, 0.5) is 10.1 Å². The summed E-state index contributed by atoms with van der Waals surface area (Å²) in [6.45, 7) is 3.91. The van der Waals surface area contributed by atoms with E-state index in [1.807, 2.05) is 0 Å². The van der Waals surface area contributed by atoms with Gasteiger partial charge in [-0.3, -0.25) is 9.69 Å². The lowest BCUT2D eigenvalue weighted by atomic mass is 9.92. The monoisotopic (exact) mass is 349 g/mol. The number of carbonyl (C=O) groups excluding carboxylic acids is 1. The smallest absolute Gasteiger partial charge is 0.238 e. The van der Waals surface area contributed by atoms with Crippen LogP contribution in [0.5, 0.6) is 0 Å². The van der Waals surface area contributed by atoms with Gasteiger partial charge in [0.2, 0.25) is 5.91 Å². The van der Waals surface area contributed by atoms with Gasteiger partial charge in [-0.2, -0.15) is 0 Å². The zero-order chi connectivity index (χ0) is 15.4. The van der Waals surface area contributed by atoms with Gasteiger partial charge in [0.15, 0.2) is 0 Å². The fourth-order valence-corrected chi connectivity index (χ4v) is 2.93. The van der Waals surface area contributed by atoms with Gasteiger partial charge in [0, 0.05) is 12.6 Å². The second kappa shape index (κ2) is 8.67. The second-order valence-corrected chi connectivity index (χ2v) is 6.07. The highest BCUT2D eigenvalue weighted by Gasteiger charge is 2.26. The molecule has 0 bridgehead atoms. The third-order valence-corrected chi connectivity index (χ3v) is 4.24. The molecule has 2 unspecified atom stereocenters. The van der Waals surface area contributed by atoms with Crippen LogP contribution >= 0.6 is 24.0 Å². The second-order valence-electron chi connectivity index (χ2n) is 5.66. The van der Waals surface area contributed by atoms with Crippen LogP contribution in [0.25, 0.3) is 0 Å². The lowest BCUT2D eigenvalue weighted by Gasteiger charge is -2.37. The number of benzene rings is 1. The maximum atomic E-state index is 13.0. The molecule has 1 heterocycles. The summed E-state index contributed by atoms with van der Waals surface area (Å²) in [5, 5.41) is 2.92. The molecule has 1 aliphatic heterocycles. The van der Waals surface area contributed by atoms with Gasteiger partial charge < -0.3 is 11.1 Å². The first-order valence-corrected chi connectivity index (χ1v) is 7.56. The van der Waals surface area contributed by atoms with Gasteiger partial charge in [-0.15, -0.1) is 12.4 Å². The molecule has 1 fully saturated rings. The van der Waals surface area contributed by atoms with E-state index >= 15 is 0 Å². The minimum Gasteiger partial charge on any atom is -0.329 e. The Morgan fingerprint density at radius 1 is 1.55 bits per heavy atom. The number of carbonyl (C=O) groups is 1. The highest BCUT2D eigenvalue weighted by Crippen LogP contribution is 2.24. The van der Waals surface area contributed by atoms with Crippen molar-refractivity contribution in [2.24, 2.45) is 11.7 Å². The first-order chi connectivity index (χ1) is 9.99. The molecule has 0 spiro atoms. The predicted octanol–water partition coefficient (Wildman–Crippen LogP) is 2.90. The molecule has 124 valence electrons. The van der Waals surface area contributed by atoms with E-state index in [0.717, 1.165) is 19.4 Å². The Morgan fingerprint density at radius 3 is 2.91 bits per heavy atom. The molecule has 7 heteroatoms. The van der Waals surface area contributed by atoms with Crippen LogP contribution in [0.1, 0.15) is 19.8 Å². The third-order valence-electron chi connectivity index (χ3n) is 3.92. The van der Waals surface area contributed by atoms with E-state index in [2.05, 4.69) is 17.1 Å². The standard InChI is InChI=1S/C15H21ClFN3O.ClH/c1-10-4-5-20(12(6-10)8-18)9-15(21)19-14-3-2-11(17)7-13(14)16;/h2-3,7,10,12H,4-6,8-9,18H2,1H3,(H,19,21);1H. The van der Waals surface area contributed by atoms with Crippen LogP contribution in [0.3, 0.4) is 0 Å². The first-order valence-electron chi connectivity index (χ1n) is 7.18. The summed E-state index contributed by atoms with van der Waals surface area (Å²) in [5.41, 5.74) is 6.22. The number of nitrogens with two attached hydrogens (primary N) is 1. The summed E-state index contributed by atoms with van der Waals surface area (Å²) in [6.07, 6.45) is 2.09. The molecule has 1 aromatic carbocycles. The highest BCUT2D eigenvalue weighted by molar-refractivity contribution is 6.33. The van der Waals surface area contributed by atoms with E-state index in [-0.39, 0.29) is 35.9 Å². The van der Waals surface area contributed by atoms with Crippen LogP contribution in [-0.2, 0) is 4.79 Å². The van der Waals surface area contributed by atoms with Crippen molar-refractivity contribution in [3.8, 4) is 0 Å². The number of hydrogen-bond donors (Lipinski definition) is 2. The van der Waals surface area contributed by atoms with Crippen molar-refractivity contribution in [1.82, 2.24) is 4.90 Å². The number of likely N-dealkylation sites (tertiary alicyclic amines) is 1. The topological polar surface area (TPSA) is 58.4 Å². The molecule has 4 nitrogen and oxygen atoms in total. The maximum Gasteiger partial charge on any atom is 0.238 e. The van der Waals surface area contributed by atoms with E-state index in [4.69, 9.17) is 17.3 Å². The van der Waals surface area contributed by atoms with Gasteiger partial charge >= 0.3 is 0 Å². The average molecular weight is 350 g/mol. The summed E-state index contributed by atoms with van der Waals surface area (Å²) in [5.74, 6) is 0.0622. The molecule has 22 heavy (non-hydrogen) atoms. The van der Waals surface area contributed by atoms with Crippen molar-refractivity contribution in [2.75, 3.05) is 25.0 Å². The van der Waals surface area contributed by atoms with Crippen molar-refractivity contribution in [3.05, 3.63) is 29.0 Å². The molecule has 0 saturated carbocycles. The molecule has 1 saturated heterocycles. The zero-order valence-electron chi connectivity index (χ0n) is 12.5. The van der Waals surface area contributed by atoms with Crippen LogP contribution in [0.15, 0.2) is 18.2 Å². The van der Waals surface area contributed by atoms with Crippen LogP contribution in [-0.4, -0.2) is 36.5 Å². The van der Waals surface area contributed by atoms with Crippen molar-refractivity contribution >= 4 is 35.6 Å². The maximum absolute atomic E-state index is 13.0. The summed E-state index contributed by atoms with van der Waals surface area (Å²) in [6, 6.07) is 4.16. The number of hydrogen-bond acceptors (Lipinski definition) is 3. The Bertz CT molecular complexity index is 516. The van der Waals surface area contributed by atoms with Crippen LogP contribution < -0.4 is 11.1 Å². The van der Waals surface area contributed by atoms with Crippen molar-refractivity contribution in [2.45, 2.75) is 25.8 Å². The number of piperidine rings is 1. The van der Waals surface area contributed by atoms with Crippen molar-refractivity contribution in [1.29, 1.82) is 0 Å². The number of halogens is 3. The molecular formula is C15H22Cl2FN3O. The van der Waals surface area contributed by atoms with Gasteiger partial charge in [-0.25, -0.2) is 4.39 Å². The molecule has 0 aromatic heterocycles. The SMILES string of the molecule is CC1CCN(CC(=O)Nc2ccc(F)cc2Cl)C(CN)C1.Cl. The fraction of sp³-hybridized carbons (Fsp3) is 0.533. The molecule has 1 aromatic rings. The molecule has 2 atom stereocenters. The number of nitrogens with one attached hydrogen (secondary N) is 1. The Kier molecular flexibility index (Phi) is 7.56. The van der Waals surface area contributed by atoms with E-state index < -0.39 is 5.82 Å². The highest BCUT2D eigenvalue weighted by atomic mass is 35.5. The molecule has 1 amide bonds. The largest absolute Gasteiger partial charge is 0.329 e. The Labute approximate surface area is 141 Å². The van der Waals surface area contributed by atoms with Gasteiger partial charge in [-0.05, 0) is 43.5 Å². The van der Waals surface area contributed by atoms with E-state index in [1.54, 1.807) is 0 Å². The van der Waals surface area contributed by atoms with E-state index in [0.29, 0.717) is 18.2 Å². The van der Waals surface area contributed by atoms with Gasteiger partial charge in [0.25, 0.3) is 0 Å². The number of rotatable bonds is 4. The molecule has 2 rings (SSSR count). The minimum absolute atomic E-state index is 0. The molecular weight excluding hydrogens is 328 g/mol. The lowest BCUT2D eigenvalue weighted by Crippen LogP contribution is -2.49. The summed E-state index contributed by atoms with van der Waals surface area (Å²) < 4.78 is 13.0. The fourth-order valence-electron chi connectivity index (χ4n) is 2.72. The molecule has 1 aliphatic rings. The average Bonchev–Trinajstić information content (AvgIpc) is 2.44. The number of nitrogens with zero attached hydrogens (tertiary/aromatic N) is 1. The quantitative estimate of drug-likeness (QED) is 0.878. The molecule has 3 N–H and O–H groups in total.